The second-order valence-corrected chi connectivity index (χ2v) is 9.21. The highest BCUT2D eigenvalue weighted by molar-refractivity contribution is 6.01. The number of carbonyl (C=O) groups excluding carboxylic acids is 1. The maximum absolute atomic E-state index is 12.3. The monoisotopic (exact) mass is 378 g/mol. The molecule has 2 aromatic carbocycles. The molecule has 4 saturated carbocycles. The molecule has 0 heterocycles. The molecule has 0 aromatic heterocycles. The first kappa shape index (κ1) is 18.0. The van der Waals surface area contributed by atoms with Gasteiger partial charge in [0.05, 0.1) is 11.3 Å². The summed E-state index contributed by atoms with van der Waals surface area (Å²) in [6, 6.07) is 13.9. The molecular formula is C24H30N2O2. The highest BCUT2D eigenvalue weighted by atomic mass is 16.5. The quantitative estimate of drug-likeness (QED) is 0.667. The first-order valence-corrected chi connectivity index (χ1v) is 10.9. The number of benzene rings is 2. The third-order valence-corrected chi connectivity index (χ3v) is 7.03. The van der Waals surface area contributed by atoms with E-state index in [2.05, 4.69) is 22.8 Å². The van der Waals surface area contributed by atoms with Gasteiger partial charge in [-0.05, 0) is 74.2 Å². The Morgan fingerprint density at radius 3 is 2.39 bits per heavy atom. The summed E-state index contributed by atoms with van der Waals surface area (Å²) in [7, 11) is 0. The minimum Gasteiger partial charge on any atom is -0.375 e. The molecule has 2 aromatic rings. The fraction of sp³-hybridized carbons (Fsp3) is 0.542. The molecule has 0 radical (unpaired) electrons. The topological polar surface area (TPSA) is 50.4 Å². The third kappa shape index (κ3) is 3.62. The summed E-state index contributed by atoms with van der Waals surface area (Å²) in [5.41, 5.74) is 1.01. The molecule has 0 aliphatic heterocycles. The van der Waals surface area contributed by atoms with Gasteiger partial charge in [-0.25, -0.2) is 4.79 Å². The van der Waals surface area contributed by atoms with Crippen molar-refractivity contribution in [1.82, 2.24) is 5.32 Å². The van der Waals surface area contributed by atoms with Crippen LogP contribution in [0.2, 0.25) is 0 Å². The van der Waals surface area contributed by atoms with Gasteiger partial charge in [0.1, 0.15) is 0 Å². The number of urea groups is 1. The van der Waals surface area contributed by atoms with Crippen molar-refractivity contribution in [3.05, 3.63) is 42.5 Å². The summed E-state index contributed by atoms with van der Waals surface area (Å²) in [5.74, 6) is 2.74. The van der Waals surface area contributed by atoms with Crippen LogP contribution < -0.4 is 10.6 Å². The second kappa shape index (κ2) is 7.40. The predicted molar refractivity (Wildman–Crippen MR) is 112 cm³/mol. The molecule has 0 unspecified atom stereocenters. The van der Waals surface area contributed by atoms with Crippen LogP contribution in [0, 0.1) is 17.8 Å². The number of rotatable bonds is 6. The van der Waals surface area contributed by atoms with E-state index in [9.17, 15) is 4.79 Å². The molecule has 4 nitrogen and oxygen atoms in total. The van der Waals surface area contributed by atoms with E-state index in [0.29, 0.717) is 6.54 Å². The number of amides is 2. The van der Waals surface area contributed by atoms with Crippen LogP contribution in [0.5, 0.6) is 0 Å². The largest absolute Gasteiger partial charge is 0.375 e. The van der Waals surface area contributed by atoms with Gasteiger partial charge in [-0.1, -0.05) is 36.4 Å². The summed E-state index contributed by atoms with van der Waals surface area (Å²) in [4.78, 5) is 12.3. The van der Waals surface area contributed by atoms with E-state index in [1.807, 2.05) is 30.3 Å². The normalized spacial score (nSPS) is 30.5. The van der Waals surface area contributed by atoms with Gasteiger partial charge in [-0.3, -0.25) is 0 Å². The van der Waals surface area contributed by atoms with Crippen molar-refractivity contribution in [1.29, 1.82) is 0 Å². The highest BCUT2D eigenvalue weighted by Crippen LogP contribution is 2.57. The van der Waals surface area contributed by atoms with Crippen molar-refractivity contribution in [2.24, 2.45) is 17.8 Å². The van der Waals surface area contributed by atoms with E-state index in [1.54, 1.807) is 0 Å². The van der Waals surface area contributed by atoms with Crippen LogP contribution in [0.25, 0.3) is 10.8 Å². The van der Waals surface area contributed by atoms with Crippen LogP contribution in [0.15, 0.2) is 42.5 Å². The molecule has 2 amide bonds. The minimum absolute atomic E-state index is 0.147. The molecule has 2 N–H and O–H groups in total. The number of fused-ring (bicyclic) bond motifs is 1. The third-order valence-electron chi connectivity index (χ3n) is 7.03. The van der Waals surface area contributed by atoms with Crippen LogP contribution >= 0.6 is 0 Å². The molecular weight excluding hydrogens is 348 g/mol. The number of ether oxygens (including phenoxy) is 1. The molecule has 0 atom stereocenters. The molecule has 6 rings (SSSR count). The van der Waals surface area contributed by atoms with E-state index in [-0.39, 0.29) is 11.6 Å². The van der Waals surface area contributed by atoms with Crippen molar-refractivity contribution in [3.8, 4) is 0 Å². The van der Waals surface area contributed by atoms with Crippen molar-refractivity contribution in [3.63, 3.8) is 0 Å². The summed E-state index contributed by atoms with van der Waals surface area (Å²) < 4.78 is 6.43. The Hall–Kier alpha value is -2.07. The summed E-state index contributed by atoms with van der Waals surface area (Å²) in [6.07, 6.45) is 9.01. The Morgan fingerprint density at radius 1 is 0.964 bits per heavy atom. The zero-order valence-corrected chi connectivity index (χ0v) is 16.5. The van der Waals surface area contributed by atoms with Gasteiger partial charge in [0.15, 0.2) is 0 Å². The van der Waals surface area contributed by atoms with Crippen molar-refractivity contribution >= 4 is 22.5 Å². The standard InChI is InChI=1S/C24H30N2O2/c27-23(26-22-8-3-6-20-5-1-2-7-21(20)22)25-9-4-10-28-24-14-17-11-18(15-24)13-19(12-17)16-24/h1-3,5-8,17-19H,4,9-16H2,(H2,25,26,27). The van der Waals surface area contributed by atoms with Crippen LogP contribution in [0.3, 0.4) is 0 Å². The van der Waals surface area contributed by atoms with Crippen molar-refractivity contribution in [2.45, 2.75) is 50.5 Å². The van der Waals surface area contributed by atoms with Crippen LogP contribution in [0.4, 0.5) is 10.5 Å². The summed E-state index contributed by atoms with van der Waals surface area (Å²) in [6.45, 7) is 1.39. The van der Waals surface area contributed by atoms with Gasteiger partial charge in [-0.15, -0.1) is 0 Å². The van der Waals surface area contributed by atoms with Gasteiger partial charge >= 0.3 is 6.03 Å². The first-order chi connectivity index (χ1) is 13.7. The average Bonchev–Trinajstić information content (AvgIpc) is 2.67. The fourth-order valence-electron chi connectivity index (χ4n) is 6.27. The van der Waals surface area contributed by atoms with Gasteiger partial charge < -0.3 is 15.4 Å². The molecule has 4 fully saturated rings. The van der Waals surface area contributed by atoms with E-state index in [4.69, 9.17) is 4.74 Å². The predicted octanol–water partition coefficient (Wildman–Crippen LogP) is 5.34. The number of carbonyl (C=O) groups is 1. The van der Waals surface area contributed by atoms with E-state index < -0.39 is 0 Å². The molecule has 4 aliphatic carbocycles. The average molecular weight is 379 g/mol. The fourth-order valence-corrected chi connectivity index (χ4v) is 6.27. The lowest BCUT2D eigenvalue weighted by Crippen LogP contribution is -2.52. The first-order valence-electron chi connectivity index (χ1n) is 10.9. The molecule has 4 aliphatic rings. The highest BCUT2D eigenvalue weighted by Gasteiger charge is 2.51. The van der Waals surface area contributed by atoms with E-state index in [1.165, 1.54) is 38.5 Å². The summed E-state index contributed by atoms with van der Waals surface area (Å²) in [5, 5.41) is 8.14. The maximum Gasteiger partial charge on any atom is 0.319 e. The van der Waals surface area contributed by atoms with Crippen LogP contribution in [0.1, 0.15) is 44.9 Å². The van der Waals surface area contributed by atoms with Crippen LogP contribution in [-0.2, 0) is 4.74 Å². The number of nitrogens with one attached hydrogen (secondary N) is 2. The lowest BCUT2D eigenvalue weighted by molar-refractivity contribution is -0.162. The van der Waals surface area contributed by atoms with E-state index >= 15 is 0 Å². The summed E-state index contributed by atoms with van der Waals surface area (Å²) >= 11 is 0. The van der Waals surface area contributed by atoms with Gasteiger partial charge in [0.25, 0.3) is 0 Å². The number of hydrogen-bond acceptors (Lipinski definition) is 2. The lowest BCUT2D eigenvalue weighted by atomic mass is 9.54. The lowest BCUT2D eigenvalue weighted by Gasteiger charge is -2.56. The Morgan fingerprint density at radius 2 is 1.64 bits per heavy atom. The molecule has 28 heavy (non-hydrogen) atoms. The molecule has 4 heteroatoms. The number of anilines is 1. The Kier molecular flexibility index (Phi) is 4.75. The van der Waals surface area contributed by atoms with Gasteiger partial charge in [0.2, 0.25) is 0 Å². The Labute approximate surface area is 167 Å². The molecule has 148 valence electrons. The maximum atomic E-state index is 12.3. The van der Waals surface area contributed by atoms with Gasteiger partial charge in [0, 0.05) is 18.5 Å². The number of hydrogen-bond donors (Lipinski definition) is 2. The smallest absolute Gasteiger partial charge is 0.319 e. The molecule has 0 saturated heterocycles. The molecule has 4 bridgehead atoms. The van der Waals surface area contributed by atoms with E-state index in [0.717, 1.165) is 47.2 Å². The zero-order chi connectivity index (χ0) is 19.0. The second-order valence-electron chi connectivity index (χ2n) is 9.21. The van der Waals surface area contributed by atoms with Crippen molar-refractivity contribution in [2.75, 3.05) is 18.5 Å². The Bertz CT molecular complexity index is 822. The van der Waals surface area contributed by atoms with Gasteiger partial charge in [-0.2, -0.15) is 0 Å². The van der Waals surface area contributed by atoms with Crippen LogP contribution in [-0.4, -0.2) is 24.8 Å². The zero-order valence-electron chi connectivity index (χ0n) is 16.5. The minimum atomic E-state index is -0.147. The molecule has 0 spiro atoms. The Balaban J connectivity index is 1.08. The SMILES string of the molecule is O=C(NCCCOC12CC3CC(CC(C3)C1)C2)Nc1cccc2ccccc12. The van der Waals surface area contributed by atoms with Crippen molar-refractivity contribution < 1.29 is 9.53 Å².